The van der Waals surface area contributed by atoms with E-state index in [2.05, 4.69) is 5.32 Å². The van der Waals surface area contributed by atoms with Crippen LogP contribution in [-0.2, 0) is 6.42 Å². The van der Waals surface area contributed by atoms with Crippen molar-refractivity contribution in [3.8, 4) is 5.75 Å². The fourth-order valence-electron chi connectivity index (χ4n) is 2.32. The molecular formula is C18H20N2O4. The van der Waals surface area contributed by atoms with Gasteiger partial charge in [0.25, 0.3) is 5.91 Å². The van der Waals surface area contributed by atoms with Gasteiger partial charge in [-0.05, 0) is 37.5 Å². The average Bonchev–Trinajstić information content (AvgIpc) is 2.60. The molecule has 0 spiro atoms. The highest BCUT2D eigenvalue weighted by molar-refractivity contribution is 5.95. The quantitative estimate of drug-likeness (QED) is 0.458. The van der Waals surface area contributed by atoms with E-state index in [1.165, 1.54) is 23.8 Å². The van der Waals surface area contributed by atoms with E-state index in [-0.39, 0.29) is 22.9 Å². The summed E-state index contributed by atoms with van der Waals surface area (Å²) in [5, 5.41) is 13.9. The Morgan fingerprint density at radius 1 is 1.21 bits per heavy atom. The Hall–Kier alpha value is -2.89. The van der Waals surface area contributed by atoms with Crippen LogP contribution < -0.4 is 10.1 Å². The number of rotatable bonds is 8. The van der Waals surface area contributed by atoms with Crippen molar-refractivity contribution in [3.05, 3.63) is 69.8 Å². The largest absolute Gasteiger partial charge is 0.487 e. The standard InChI is InChI=1S/C18H20N2O4/c1-2-24-17-11-10-15(13-16(17)20(22)23)18(21)19-12-6-9-14-7-4-3-5-8-14/h3-5,7-8,10-11,13H,2,6,9,12H2,1H3,(H,19,21). The van der Waals surface area contributed by atoms with E-state index in [4.69, 9.17) is 4.74 Å². The first kappa shape index (κ1) is 17.5. The van der Waals surface area contributed by atoms with Gasteiger partial charge in [0.1, 0.15) is 0 Å². The zero-order valence-electron chi connectivity index (χ0n) is 13.5. The van der Waals surface area contributed by atoms with Crippen LogP contribution in [0.3, 0.4) is 0 Å². The first-order chi connectivity index (χ1) is 11.6. The first-order valence-electron chi connectivity index (χ1n) is 7.85. The molecule has 1 amide bonds. The van der Waals surface area contributed by atoms with Crippen molar-refractivity contribution in [1.82, 2.24) is 5.32 Å². The van der Waals surface area contributed by atoms with E-state index in [1.807, 2.05) is 30.3 Å². The maximum atomic E-state index is 12.1. The third-order valence-corrected chi connectivity index (χ3v) is 3.49. The lowest BCUT2D eigenvalue weighted by molar-refractivity contribution is -0.385. The summed E-state index contributed by atoms with van der Waals surface area (Å²) in [5.74, 6) is -0.155. The Morgan fingerprint density at radius 3 is 2.62 bits per heavy atom. The molecule has 0 unspecified atom stereocenters. The minimum atomic E-state index is -0.544. The molecule has 6 nitrogen and oxygen atoms in total. The number of nitrogens with zero attached hydrogens (tertiary/aromatic N) is 1. The molecule has 0 saturated heterocycles. The van der Waals surface area contributed by atoms with Crippen LogP contribution in [0.4, 0.5) is 5.69 Å². The Labute approximate surface area is 140 Å². The molecule has 6 heteroatoms. The monoisotopic (exact) mass is 328 g/mol. The summed E-state index contributed by atoms with van der Waals surface area (Å²) in [7, 11) is 0. The van der Waals surface area contributed by atoms with E-state index in [9.17, 15) is 14.9 Å². The molecule has 2 aromatic carbocycles. The van der Waals surface area contributed by atoms with Gasteiger partial charge in [-0.3, -0.25) is 14.9 Å². The number of carbonyl (C=O) groups excluding carboxylic acids is 1. The zero-order valence-corrected chi connectivity index (χ0v) is 13.5. The van der Waals surface area contributed by atoms with Crippen molar-refractivity contribution in [1.29, 1.82) is 0 Å². The maximum absolute atomic E-state index is 12.1. The molecule has 0 saturated carbocycles. The molecule has 0 atom stereocenters. The Balaban J connectivity index is 1.92. The van der Waals surface area contributed by atoms with Crippen molar-refractivity contribution in [2.24, 2.45) is 0 Å². The third kappa shape index (κ3) is 4.81. The van der Waals surface area contributed by atoms with E-state index >= 15 is 0 Å². The summed E-state index contributed by atoms with van der Waals surface area (Å²) in [5.41, 5.74) is 1.27. The van der Waals surface area contributed by atoms with Crippen LogP contribution in [0.5, 0.6) is 5.75 Å². The van der Waals surface area contributed by atoms with Crippen molar-refractivity contribution < 1.29 is 14.5 Å². The summed E-state index contributed by atoms with van der Waals surface area (Å²) in [6, 6.07) is 14.2. The number of benzene rings is 2. The van der Waals surface area contributed by atoms with Crippen molar-refractivity contribution in [2.75, 3.05) is 13.2 Å². The van der Waals surface area contributed by atoms with Crippen LogP contribution >= 0.6 is 0 Å². The van der Waals surface area contributed by atoms with E-state index in [1.54, 1.807) is 6.92 Å². The molecule has 24 heavy (non-hydrogen) atoms. The van der Waals surface area contributed by atoms with Gasteiger partial charge < -0.3 is 10.1 Å². The Bertz CT molecular complexity index is 701. The van der Waals surface area contributed by atoms with Crippen LogP contribution in [0.2, 0.25) is 0 Å². The number of aryl methyl sites for hydroxylation is 1. The molecular weight excluding hydrogens is 308 g/mol. The molecule has 0 aliphatic heterocycles. The van der Waals surface area contributed by atoms with Crippen LogP contribution in [0.15, 0.2) is 48.5 Å². The Morgan fingerprint density at radius 2 is 1.96 bits per heavy atom. The summed E-state index contributed by atoms with van der Waals surface area (Å²) < 4.78 is 5.21. The molecule has 126 valence electrons. The second-order valence-electron chi connectivity index (χ2n) is 5.22. The average molecular weight is 328 g/mol. The van der Waals surface area contributed by atoms with E-state index in [0.29, 0.717) is 13.2 Å². The topological polar surface area (TPSA) is 81.5 Å². The molecule has 0 radical (unpaired) electrons. The first-order valence-corrected chi connectivity index (χ1v) is 7.85. The number of carbonyl (C=O) groups is 1. The molecule has 0 aromatic heterocycles. The third-order valence-electron chi connectivity index (χ3n) is 3.49. The van der Waals surface area contributed by atoms with Gasteiger partial charge >= 0.3 is 5.69 Å². The highest BCUT2D eigenvalue weighted by Gasteiger charge is 2.18. The van der Waals surface area contributed by atoms with Gasteiger partial charge in [-0.2, -0.15) is 0 Å². The lowest BCUT2D eigenvalue weighted by Crippen LogP contribution is -2.24. The minimum absolute atomic E-state index is 0.170. The number of ether oxygens (including phenoxy) is 1. The van der Waals surface area contributed by atoms with E-state index < -0.39 is 4.92 Å². The van der Waals surface area contributed by atoms with Gasteiger partial charge in [-0.1, -0.05) is 30.3 Å². The lowest BCUT2D eigenvalue weighted by Gasteiger charge is -2.08. The van der Waals surface area contributed by atoms with E-state index in [0.717, 1.165) is 12.8 Å². The predicted molar refractivity (Wildman–Crippen MR) is 91.4 cm³/mol. The molecule has 0 fully saturated rings. The van der Waals surface area contributed by atoms with Crippen LogP contribution in [0, 0.1) is 10.1 Å². The lowest BCUT2D eigenvalue weighted by atomic mass is 10.1. The number of amides is 1. The molecule has 0 bridgehead atoms. The van der Waals surface area contributed by atoms with Crippen LogP contribution in [0.1, 0.15) is 29.3 Å². The fourth-order valence-corrected chi connectivity index (χ4v) is 2.32. The predicted octanol–water partition coefficient (Wildman–Crippen LogP) is 3.36. The molecule has 1 N–H and O–H groups in total. The van der Waals surface area contributed by atoms with Gasteiger partial charge in [0.15, 0.2) is 5.75 Å². The number of nitrogens with one attached hydrogen (secondary N) is 1. The molecule has 2 rings (SSSR count). The number of hydrogen-bond donors (Lipinski definition) is 1. The summed E-state index contributed by atoms with van der Waals surface area (Å²) in [4.78, 5) is 22.7. The summed E-state index contributed by atoms with van der Waals surface area (Å²) in [6.45, 7) is 2.58. The molecule has 0 heterocycles. The maximum Gasteiger partial charge on any atom is 0.311 e. The van der Waals surface area contributed by atoms with Crippen LogP contribution in [-0.4, -0.2) is 24.0 Å². The Kier molecular flexibility index (Phi) is 6.31. The number of nitro benzene ring substituents is 1. The number of nitro groups is 1. The zero-order chi connectivity index (χ0) is 17.4. The molecule has 0 aliphatic carbocycles. The van der Waals surface area contributed by atoms with Gasteiger partial charge in [-0.15, -0.1) is 0 Å². The van der Waals surface area contributed by atoms with Gasteiger partial charge in [0.2, 0.25) is 0 Å². The summed E-state index contributed by atoms with van der Waals surface area (Å²) >= 11 is 0. The minimum Gasteiger partial charge on any atom is -0.487 e. The SMILES string of the molecule is CCOc1ccc(C(=O)NCCCc2ccccc2)cc1[N+](=O)[O-]. The summed E-state index contributed by atoms with van der Waals surface area (Å²) in [6.07, 6.45) is 1.67. The normalized spacial score (nSPS) is 10.2. The van der Waals surface area contributed by atoms with Gasteiger partial charge in [0, 0.05) is 18.2 Å². The van der Waals surface area contributed by atoms with Crippen LogP contribution in [0.25, 0.3) is 0 Å². The second kappa shape index (κ2) is 8.67. The number of hydrogen-bond acceptors (Lipinski definition) is 4. The fraction of sp³-hybridized carbons (Fsp3) is 0.278. The second-order valence-corrected chi connectivity index (χ2v) is 5.22. The van der Waals surface area contributed by atoms with Crippen molar-refractivity contribution >= 4 is 11.6 Å². The van der Waals surface area contributed by atoms with Crippen molar-refractivity contribution in [2.45, 2.75) is 19.8 Å². The smallest absolute Gasteiger partial charge is 0.311 e. The highest BCUT2D eigenvalue weighted by atomic mass is 16.6. The van der Waals surface area contributed by atoms with Crippen molar-refractivity contribution in [3.63, 3.8) is 0 Å². The highest BCUT2D eigenvalue weighted by Crippen LogP contribution is 2.27. The molecule has 0 aliphatic rings. The van der Waals surface area contributed by atoms with Gasteiger partial charge in [0.05, 0.1) is 11.5 Å². The molecule has 2 aromatic rings. The van der Waals surface area contributed by atoms with Gasteiger partial charge in [-0.25, -0.2) is 0 Å².